The number of hydrogen-bond acceptors (Lipinski definition) is 5. The standard InChI is InChI=1S/C31H42ClN5O3/c1-21-18-25(12-13-26(21)32)34-30(39)27(14-15-33)35-31(40)28-19-23-9-3-4-10-24(23)20-36(28)16-7-11-29(38)37-17-6-5-8-22(37)2/h3-4,9-10,12-13,18,22,27-28H,5-8,11,14-17,19-20,33H2,1-2H3,(H,34,39)(H,35,40)/t22-,27+,28+/m1/s1. The van der Waals surface area contributed by atoms with Gasteiger partial charge in [0.2, 0.25) is 17.7 Å². The van der Waals surface area contributed by atoms with Crippen LogP contribution in [0.1, 0.15) is 62.1 Å². The molecule has 0 aliphatic carbocycles. The Labute approximate surface area is 242 Å². The summed E-state index contributed by atoms with van der Waals surface area (Å²) in [5.74, 6) is -0.321. The van der Waals surface area contributed by atoms with E-state index in [0.717, 1.165) is 30.5 Å². The van der Waals surface area contributed by atoms with E-state index in [-0.39, 0.29) is 24.3 Å². The number of fused-ring (bicyclic) bond motifs is 1. The lowest BCUT2D eigenvalue weighted by Crippen LogP contribution is -2.55. The predicted molar refractivity (Wildman–Crippen MR) is 159 cm³/mol. The number of anilines is 1. The number of piperidine rings is 1. The highest BCUT2D eigenvalue weighted by Gasteiger charge is 2.33. The first-order valence-electron chi connectivity index (χ1n) is 14.4. The fraction of sp³-hybridized carbons (Fsp3) is 0.516. The van der Waals surface area contributed by atoms with Gasteiger partial charge in [0, 0.05) is 36.3 Å². The van der Waals surface area contributed by atoms with E-state index in [1.807, 2.05) is 24.0 Å². The fourth-order valence-corrected chi connectivity index (χ4v) is 5.89. The van der Waals surface area contributed by atoms with Crippen molar-refractivity contribution in [1.29, 1.82) is 0 Å². The predicted octanol–water partition coefficient (Wildman–Crippen LogP) is 4.03. The second-order valence-electron chi connectivity index (χ2n) is 11.1. The normalized spacial score (nSPS) is 19.9. The number of rotatable bonds is 10. The van der Waals surface area contributed by atoms with Gasteiger partial charge in [0.1, 0.15) is 6.04 Å². The van der Waals surface area contributed by atoms with Crippen molar-refractivity contribution in [3.8, 4) is 0 Å². The van der Waals surface area contributed by atoms with Gasteiger partial charge in [-0.1, -0.05) is 35.9 Å². The number of nitrogens with one attached hydrogen (secondary N) is 2. The van der Waals surface area contributed by atoms with Gasteiger partial charge in [-0.3, -0.25) is 19.3 Å². The van der Waals surface area contributed by atoms with E-state index in [4.69, 9.17) is 17.3 Å². The maximum Gasteiger partial charge on any atom is 0.246 e. The number of nitrogens with zero attached hydrogens (tertiary/aromatic N) is 2. The van der Waals surface area contributed by atoms with E-state index in [9.17, 15) is 14.4 Å². The minimum absolute atomic E-state index is 0.197. The monoisotopic (exact) mass is 567 g/mol. The summed E-state index contributed by atoms with van der Waals surface area (Å²) in [5.41, 5.74) is 9.61. The summed E-state index contributed by atoms with van der Waals surface area (Å²) in [4.78, 5) is 43.9. The maximum absolute atomic E-state index is 13.7. The average molecular weight is 568 g/mol. The molecule has 2 heterocycles. The third-order valence-corrected chi connectivity index (χ3v) is 8.55. The summed E-state index contributed by atoms with van der Waals surface area (Å²) in [6, 6.07) is 12.5. The van der Waals surface area contributed by atoms with Crippen molar-refractivity contribution in [3.05, 3.63) is 64.2 Å². The third kappa shape index (κ3) is 7.62. The van der Waals surface area contributed by atoms with Gasteiger partial charge in [-0.15, -0.1) is 0 Å². The highest BCUT2D eigenvalue weighted by molar-refractivity contribution is 6.31. The van der Waals surface area contributed by atoms with Gasteiger partial charge in [-0.2, -0.15) is 0 Å². The Balaban J connectivity index is 1.42. The zero-order chi connectivity index (χ0) is 28.6. The number of amides is 3. The van der Waals surface area contributed by atoms with E-state index < -0.39 is 12.1 Å². The van der Waals surface area contributed by atoms with E-state index in [2.05, 4.69) is 34.6 Å². The van der Waals surface area contributed by atoms with Gasteiger partial charge in [-0.05, 0) is 100 Å². The SMILES string of the molecule is Cc1cc(NC(=O)[C@H](CCN)NC(=O)[C@@H]2Cc3ccccc3CN2CCCC(=O)N2CCCC[C@H]2C)ccc1Cl. The van der Waals surface area contributed by atoms with Crippen molar-refractivity contribution in [3.63, 3.8) is 0 Å². The van der Waals surface area contributed by atoms with Crippen LogP contribution in [0.4, 0.5) is 5.69 Å². The quantitative estimate of drug-likeness (QED) is 0.402. The van der Waals surface area contributed by atoms with E-state index in [0.29, 0.717) is 55.5 Å². The van der Waals surface area contributed by atoms with Crippen LogP contribution in [0.5, 0.6) is 0 Å². The molecule has 8 nitrogen and oxygen atoms in total. The molecule has 0 radical (unpaired) electrons. The number of hydrogen-bond donors (Lipinski definition) is 3. The Morgan fingerprint density at radius 2 is 1.90 bits per heavy atom. The van der Waals surface area contributed by atoms with Crippen molar-refractivity contribution in [2.75, 3.05) is 25.0 Å². The van der Waals surface area contributed by atoms with Gasteiger partial charge in [-0.25, -0.2) is 0 Å². The zero-order valence-corrected chi connectivity index (χ0v) is 24.4. The lowest BCUT2D eigenvalue weighted by Gasteiger charge is -2.37. The Hall–Kier alpha value is -2.94. The van der Waals surface area contributed by atoms with Crippen LogP contribution in [0.15, 0.2) is 42.5 Å². The van der Waals surface area contributed by atoms with Crippen LogP contribution in [0, 0.1) is 6.92 Å². The number of carbonyl (C=O) groups is 3. The largest absolute Gasteiger partial charge is 0.343 e. The van der Waals surface area contributed by atoms with Gasteiger partial charge in [0.05, 0.1) is 6.04 Å². The Kier molecular flexibility index (Phi) is 10.6. The van der Waals surface area contributed by atoms with Crippen molar-refractivity contribution < 1.29 is 14.4 Å². The van der Waals surface area contributed by atoms with Crippen molar-refractivity contribution in [2.24, 2.45) is 5.73 Å². The Morgan fingerprint density at radius 3 is 2.62 bits per heavy atom. The van der Waals surface area contributed by atoms with Crippen LogP contribution in [-0.4, -0.2) is 65.3 Å². The Bertz CT molecular complexity index is 1210. The van der Waals surface area contributed by atoms with Crippen molar-refractivity contribution in [2.45, 2.75) is 83.5 Å². The second-order valence-corrected chi connectivity index (χ2v) is 11.5. The van der Waals surface area contributed by atoms with Gasteiger partial charge < -0.3 is 21.3 Å². The molecule has 2 aliphatic rings. The summed E-state index contributed by atoms with van der Waals surface area (Å²) in [7, 11) is 0. The fourth-order valence-electron chi connectivity index (χ4n) is 5.77. The molecule has 0 bridgehead atoms. The van der Waals surface area contributed by atoms with Gasteiger partial charge in [0.15, 0.2) is 0 Å². The molecule has 0 spiro atoms. The minimum atomic E-state index is -0.769. The maximum atomic E-state index is 13.7. The molecule has 0 aromatic heterocycles. The molecule has 0 saturated carbocycles. The molecule has 4 rings (SSSR count). The van der Waals surface area contributed by atoms with Crippen LogP contribution in [0.25, 0.3) is 0 Å². The molecule has 2 aromatic rings. The number of aryl methyl sites for hydroxylation is 1. The van der Waals surface area contributed by atoms with Crippen LogP contribution in [0.3, 0.4) is 0 Å². The lowest BCUT2D eigenvalue weighted by molar-refractivity contribution is -0.134. The average Bonchev–Trinajstić information content (AvgIpc) is 2.94. The molecule has 3 amide bonds. The number of nitrogens with two attached hydrogens (primary N) is 1. The topological polar surface area (TPSA) is 108 Å². The van der Waals surface area contributed by atoms with Gasteiger partial charge in [0.25, 0.3) is 0 Å². The van der Waals surface area contributed by atoms with Crippen molar-refractivity contribution >= 4 is 35.0 Å². The zero-order valence-electron chi connectivity index (χ0n) is 23.6. The highest BCUT2D eigenvalue weighted by atomic mass is 35.5. The summed E-state index contributed by atoms with van der Waals surface area (Å²) >= 11 is 6.12. The summed E-state index contributed by atoms with van der Waals surface area (Å²) in [6.07, 6.45) is 5.31. The van der Waals surface area contributed by atoms with Crippen LogP contribution >= 0.6 is 11.6 Å². The molecular formula is C31H42ClN5O3. The number of likely N-dealkylation sites (tertiary alicyclic amines) is 1. The molecule has 216 valence electrons. The minimum Gasteiger partial charge on any atom is -0.343 e. The molecule has 9 heteroatoms. The molecule has 3 atom stereocenters. The molecule has 2 aliphatic heterocycles. The number of halogens is 1. The molecule has 1 fully saturated rings. The van der Waals surface area contributed by atoms with Crippen LogP contribution < -0.4 is 16.4 Å². The first kappa shape index (κ1) is 30.0. The number of carbonyl (C=O) groups excluding carboxylic acids is 3. The molecule has 0 unspecified atom stereocenters. The van der Waals surface area contributed by atoms with Crippen LogP contribution in [-0.2, 0) is 27.3 Å². The molecule has 2 aromatic carbocycles. The smallest absolute Gasteiger partial charge is 0.246 e. The first-order chi connectivity index (χ1) is 19.3. The summed E-state index contributed by atoms with van der Waals surface area (Å²) in [5, 5.41) is 6.49. The van der Waals surface area contributed by atoms with E-state index >= 15 is 0 Å². The van der Waals surface area contributed by atoms with Gasteiger partial charge >= 0.3 is 0 Å². The second kappa shape index (κ2) is 14.1. The first-order valence-corrected chi connectivity index (χ1v) is 14.8. The summed E-state index contributed by atoms with van der Waals surface area (Å²) < 4.78 is 0. The van der Waals surface area contributed by atoms with Crippen LogP contribution in [0.2, 0.25) is 5.02 Å². The molecule has 4 N–H and O–H groups in total. The third-order valence-electron chi connectivity index (χ3n) is 8.12. The lowest BCUT2D eigenvalue weighted by atomic mass is 9.93. The number of benzene rings is 2. The Morgan fingerprint density at radius 1 is 1.12 bits per heavy atom. The molecular weight excluding hydrogens is 526 g/mol. The van der Waals surface area contributed by atoms with E-state index in [1.54, 1.807) is 18.2 Å². The van der Waals surface area contributed by atoms with E-state index in [1.165, 1.54) is 12.0 Å². The highest BCUT2D eigenvalue weighted by Crippen LogP contribution is 2.25. The molecule has 1 saturated heterocycles. The molecule has 40 heavy (non-hydrogen) atoms. The summed E-state index contributed by atoms with van der Waals surface area (Å²) in [6.45, 7) is 6.33. The van der Waals surface area contributed by atoms with Crippen molar-refractivity contribution in [1.82, 2.24) is 15.1 Å².